The second kappa shape index (κ2) is 7.04. The maximum Gasteiger partial charge on any atom is 0.323 e. The van der Waals surface area contributed by atoms with Gasteiger partial charge in [0.2, 0.25) is 0 Å². The summed E-state index contributed by atoms with van der Waals surface area (Å²) < 4.78 is 10.5. The molecule has 0 bridgehead atoms. The largest absolute Gasteiger partial charge is 0.493 e. The fraction of sp³-hybridized carbons (Fsp3) is 0.188. The lowest BCUT2D eigenvalue weighted by atomic mass is 10.1. The van der Waals surface area contributed by atoms with E-state index in [9.17, 15) is 4.79 Å². The van der Waals surface area contributed by atoms with E-state index in [1.807, 2.05) is 6.92 Å². The van der Waals surface area contributed by atoms with Crippen molar-refractivity contribution in [1.82, 2.24) is 0 Å². The molecule has 0 fully saturated rings. The van der Waals surface area contributed by atoms with Crippen molar-refractivity contribution in [1.29, 1.82) is 0 Å². The highest BCUT2D eigenvalue weighted by Gasteiger charge is 2.11. The van der Waals surface area contributed by atoms with Crippen molar-refractivity contribution in [3.05, 3.63) is 47.0 Å². The van der Waals surface area contributed by atoms with Crippen LogP contribution in [-0.4, -0.2) is 20.3 Å². The van der Waals surface area contributed by atoms with Gasteiger partial charge in [0.1, 0.15) is 0 Å². The average Bonchev–Trinajstić information content (AvgIpc) is 2.51. The highest BCUT2D eigenvalue weighted by Crippen LogP contribution is 2.32. The van der Waals surface area contributed by atoms with E-state index in [-0.39, 0.29) is 6.03 Å². The number of amides is 2. The summed E-state index contributed by atoms with van der Waals surface area (Å²) in [6, 6.07) is 10.0. The Kier molecular flexibility index (Phi) is 5.12. The van der Waals surface area contributed by atoms with Gasteiger partial charge >= 0.3 is 6.03 Å². The molecule has 22 heavy (non-hydrogen) atoms. The van der Waals surface area contributed by atoms with Crippen LogP contribution >= 0.6 is 11.6 Å². The minimum atomic E-state index is -0.349. The van der Waals surface area contributed by atoms with Gasteiger partial charge in [-0.25, -0.2) is 4.79 Å². The highest BCUT2D eigenvalue weighted by molar-refractivity contribution is 6.30. The number of aryl methyl sites for hydroxylation is 1. The summed E-state index contributed by atoms with van der Waals surface area (Å²) in [6.07, 6.45) is 0. The summed E-state index contributed by atoms with van der Waals surface area (Å²) in [4.78, 5) is 12.0. The van der Waals surface area contributed by atoms with E-state index in [0.717, 1.165) is 5.56 Å². The Bertz CT molecular complexity index is 672. The van der Waals surface area contributed by atoms with Gasteiger partial charge in [-0.05, 0) is 42.8 Å². The Morgan fingerprint density at radius 3 is 2.18 bits per heavy atom. The second-order valence-electron chi connectivity index (χ2n) is 4.61. The molecule has 0 aliphatic rings. The number of halogens is 1. The van der Waals surface area contributed by atoms with Gasteiger partial charge in [0.15, 0.2) is 11.5 Å². The zero-order chi connectivity index (χ0) is 16.1. The molecule has 2 N–H and O–H groups in total. The first kappa shape index (κ1) is 16.0. The normalized spacial score (nSPS) is 10.0. The maximum atomic E-state index is 12.0. The first-order chi connectivity index (χ1) is 10.5. The standard InChI is InChI=1S/C16H17ClN2O3/c1-10-8-14(21-2)15(22-3)9-13(10)19-16(20)18-12-6-4-11(17)5-7-12/h4-9H,1-3H3,(H2,18,19,20). The second-order valence-corrected chi connectivity index (χ2v) is 5.04. The van der Waals surface area contributed by atoms with Gasteiger partial charge in [-0.2, -0.15) is 0 Å². The molecule has 0 saturated carbocycles. The minimum absolute atomic E-state index is 0.349. The molecule has 0 aliphatic heterocycles. The predicted octanol–water partition coefficient (Wildman–Crippen LogP) is 4.31. The summed E-state index contributed by atoms with van der Waals surface area (Å²) >= 11 is 5.81. The summed E-state index contributed by atoms with van der Waals surface area (Å²) in [7, 11) is 3.11. The Morgan fingerprint density at radius 2 is 1.59 bits per heavy atom. The van der Waals surface area contributed by atoms with Crippen LogP contribution < -0.4 is 20.1 Å². The summed E-state index contributed by atoms with van der Waals surface area (Å²) in [5.41, 5.74) is 2.16. The molecule has 0 aromatic heterocycles. The van der Waals surface area contributed by atoms with Gasteiger partial charge in [0.05, 0.1) is 14.2 Å². The van der Waals surface area contributed by atoms with Crippen LogP contribution in [0.15, 0.2) is 36.4 Å². The lowest BCUT2D eigenvalue weighted by Gasteiger charge is -2.14. The third kappa shape index (κ3) is 3.83. The van der Waals surface area contributed by atoms with E-state index in [0.29, 0.717) is 27.9 Å². The number of hydrogen-bond acceptors (Lipinski definition) is 3. The lowest BCUT2D eigenvalue weighted by molar-refractivity contribution is 0.262. The molecule has 2 rings (SSSR count). The van der Waals surface area contributed by atoms with E-state index in [2.05, 4.69) is 10.6 Å². The van der Waals surface area contributed by atoms with Gasteiger partial charge in [0.25, 0.3) is 0 Å². The fourth-order valence-electron chi connectivity index (χ4n) is 1.93. The number of anilines is 2. The Labute approximate surface area is 134 Å². The van der Waals surface area contributed by atoms with Crippen molar-refractivity contribution in [3.8, 4) is 11.5 Å². The van der Waals surface area contributed by atoms with Gasteiger partial charge in [-0.1, -0.05) is 11.6 Å². The van der Waals surface area contributed by atoms with Crippen LogP contribution in [0.5, 0.6) is 11.5 Å². The van der Waals surface area contributed by atoms with E-state index in [4.69, 9.17) is 21.1 Å². The molecule has 0 atom stereocenters. The van der Waals surface area contributed by atoms with Crippen molar-refractivity contribution in [3.63, 3.8) is 0 Å². The van der Waals surface area contributed by atoms with Crippen LogP contribution in [0.3, 0.4) is 0 Å². The Balaban J connectivity index is 2.12. The van der Waals surface area contributed by atoms with Crippen LogP contribution in [0.25, 0.3) is 0 Å². The molecule has 0 radical (unpaired) electrons. The van der Waals surface area contributed by atoms with Gasteiger partial charge in [-0.3, -0.25) is 0 Å². The maximum absolute atomic E-state index is 12.0. The fourth-order valence-corrected chi connectivity index (χ4v) is 2.06. The van der Waals surface area contributed by atoms with Gasteiger partial charge < -0.3 is 20.1 Å². The quantitative estimate of drug-likeness (QED) is 0.882. The van der Waals surface area contributed by atoms with Crippen molar-refractivity contribution in [2.75, 3.05) is 24.9 Å². The van der Waals surface area contributed by atoms with Gasteiger partial charge in [-0.15, -0.1) is 0 Å². The molecular weight excluding hydrogens is 304 g/mol. The summed E-state index contributed by atoms with van der Waals surface area (Å²) in [6.45, 7) is 1.87. The SMILES string of the molecule is COc1cc(C)c(NC(=O)Nc2ccc(Cl)cc2)cc1OC. The van der Waals surface area contributed by atoms with Crippen LogP contribution in [0.4, 0.5) is 16.2 Å². The molecule has 0 heterocycles. The molecule has 0 spiro atoms. The molecule has 0 saturated heterocycles. The van der Waals surface area contributed by atoms with Crippen LogP contribution in [0.1, 0.15) is 5.56 Å². The van der Waals surface area contributed by atoms with E-state index < -0.39 is 0 Å². The highest BCUT2D eigenvalue weighted by atomic mass is 35.5. The number of carbonyl (C=O) groups excluding carboxylic acids is 1. The van der Waals surface area contributed by atoms with Gasteiger partial charge in [0, 0.05) is 22.5 Å². The number of hydrogen-bond donors (Lipinski definition) is 2. The molecule has 0 aliphatic carbocycles. The van der Waals surface area contributed by atoms with E-state index in [1.165, 1.54) is 0 Å². The predicted molar refractivity (Wildman–Crippen MR) is 88.4 cm³/mol. The van der Waals surface area contributed by atoms with Crippen LogP contribution in [0.2, 0.25) is 5.02 Å². The third-order valence-corrected chi connectivity index (χ3v) is 3.33. The minimum Gasteiger partial charge on any atom is -0.493 e. The molecular formula is C16H17ClN2O3. The summed E-state index contributed by atoms with van der Waals surface area (Å²) in [5, 5.41) is 6.12. The molecule has 5 nitrogen and oxygen atoms in total. The topological polar surface area (TPSA) is 59.6 Å². The molecule has 2 aromatic rings. The number of urea groups is 1. The number of carbonyl (C=O) groups is 1. The molecule has 2 amide bonds. The zero-order valence-electron chi connectivity index (χ0n) is 12.6. The molecule has 6 heteroatoms. The van der Waals surface area contributed by atoms with Crippen molar-refractivity contribution in [2.24, 2.45) is 0 Å². The summed E-state index contributed by atoms with van der Waals surface area (Å²) in [5.74, 6) is 1.17. The van der Waals surface area contributed by atoms with E-state index in [1.54, 1.807) is 50.6 Å². The number of ether oxygens (including phenoxy) is 2. The zero-order valence-corrected chi connectivity index (χ0v) is 13.3. The Morgan fingerprint density at radius 1 is 1.00 bits per heavy atom. The van der Waals surface area contributed by atoms with Crippen molar-refractivity contribution in [2.45, 2.75) is 6.92 Å². The monoisotopic (exact) mass is 320 g/mol. The number of benzene rings is 2. The van der Waals surface area contributed by atoms with Crippen LogP contribution in [0, 0.1) is 6.92 Å². The molecule has 116 valence electrons. The molecule has 0 unspecified atom stereocenters. The van der Waals surface area contributed by atoms with E-state index >= 15 is 0 Å². The number of methoxy groups -OCH3 is 2. The van der Waals surface area contributed by atoms with Crippen LogP contribution in [-0.2, 0) is 0 Å². The average molecular weight is 321 g/mol. The molecule has 2 aromatic carbocycles. The lowest BCUT2D eigenvalue weighted by Crippen LogP contribution is -2.20. The van der Waals surface area contributed by atoms with Crippen molar-refractivity contribution >= 4 is 29.0 Å². The first-order valence-electron chi connectivity index (χ1n) is 6.59. The Hall–Kier alpha value is -2.40. The smallest absolute Gasteiger partial charge is 0.323 e. The number of nitrogens with one attached hydrogen (secondary N) is 2. The third-order valence-electron chi connectivity index (χ3n) is 3.08. The first-order valence-corrected chi connectivity index (χ1v) is 6.97. The number of rotatable bonds is 4. The van der Waals surface area contributed by atoms with Crippen molar-refractivity contribution < 1.29 is 14.3 Å².